The van der Waals surface area contributed by atoms with Crippen LogP contribution in [0.3, 0.4) is 0 Å². The van der Waals surface area contributed by atoms with Crippen LogP contribution in [-0.4, -0.2) is 42.4 Å². The van der Waals surface area contributed by atoms with E-state index in [2.05, 4.69) is 11.4 Å². The van der Waals surface area contributed by atoms with E-state index in [1.54, 1.807) is 0 Å². The molecule has 3 N–H and O–H groups in total. The number of aryl methyl sites for hydroxylation is 2. The van der Waals surface area contributed by atoms with E-state index in [0.29, 0.717) is 19.0 Å². The molecule has 1 aliphatic carbocycles. The van der Waals surface area contributed by atoms with E-state index < -0.39 is 0 Å². The molecule has 5 nitrogen and oxygen atoms in total. The lowest BCUT2D eigenvalue weighted by molar-refractivity contribution is -0.127. The van der Waals surface area contributed by atoms with Gasteiger partial charge in [-0.3, -0.25) is 9.59 Å². The van der Waals surface area contributed by atoms with E-state index in [4.69, 9.17) is 5.73 Å². The molecule has 1 aliphatic heterocycles. The Morgan fingerprint density at radius 1 is 1.12 bits per heavy atom. The highest BCUT2D eigenvalue weighted by Crippen LogP contribution is 2.26. The molecule has 3 atom stereocenters. The molecule has 26 heavy (non-hydrogen) atoms. The Bertz CT molecular complexity index is 653. The number of hydrogen-bond donors (Lipinski definition) is 2. The molecule has 2 fully saturated rings. The number of piperidine rings is 1. The van der Waals surface area contributed by atoms with E-state index in [9.17, 15) is 9.59 Å². The maximum absolute atomic E-state index is 12.9. The molecule has 1 saturated heterocycles. The van der Waals surface area contributed by atoms with Crippen molar-refractivity contribution in [3.8, 4) is 0 Å². The molecule has 1 aromatic carbocycles. The Morgan fingerprint density at radius 2 is 1.85 bits per heavy atom. The lowest BCUT2D eigenvalue weighted by Crippen LogP contribution is -2.48. The van der Waals surface area contributed by atoms with Crippen LogP contribution in [0.2, 0.25) is 0 Å². The Balaban J connectivity index is 1.63. The van der Waals surface area contributed by atoms with Crippen molar-refractivity contribution in [3.05, 3.63) is 34.9 Å². The summed E-state index contributed by atoms with van der Waals surface area (Å²) in [6.07, 6.45) is 4.98. The van der Waals surface area contributed by atoms with Crippen LogP contribution < -0.4 is 11.1 Å². The molecule has 0 aromatic heterocycles. The summed E-state index contributed by atoms with van der Waals surface area (Å²) >= 11 is 0. The van der Waals surface area contributed by atoms with Gasteiger partial charge in [-0.2, -0.15) is 0 Å². The van der Waals surface area contributed by atoms with Crippen molar-refractivity contribution in [2.24, 2.45) is 17.6 Å². The molecule has 3 unspecified atom stereocenters. The van der Waals surface area contributed by atoms with Crippen LogP contribution >= 0.6 is 0 Å². The van der Waals surface area contributed by atoms with Crippen molar-refractivity contribution in [3.63, 3.8) is 0 Å². The summed E-state index contributed by atoms with van der Waals surface area (Å²) in [4.78, 5) is 27.5. The zero-order chi connectivity index (χ0) is 18.7. The molecular weight excluding hydrogens is 326 g/mol. The predicted octanol–water partition coefficient (Wildman–Crippen LogP) is 2.40. The third kappa shape index (κ3) is 4.26. The standard InChI is InChI=1S/C21H31N3O2/c1-14-9-15(2)11-18(10-14)21(26)24-8-4-6-17(13-24)20(25)23-19-7-3-5-16(19)12-22/h9-11,16-17,19H,3-8,12-13,22H2,1-2H3,(H,23,25). The largest absolute Gasteiger partial charge is 0.353 e. The van der Waals surface area contributed by atoms with Gasteiger partial charge in [0.1, 0.15) is 0 Å². The number of benzene rings is 1. The Labute approximate surface area is 156 Å². The van der Waals surface area contributed by atoms with E-state index in [0.717, 1.165) is 55.3 Å². The number of carbonyl (C=O) groups is 2. The molecule has 5 heteroatoms. The highest BCUT2D eigenvalue weighted by atomic mass is 16.2. The summed E-state index contributed by atoms with van der Waals surface area (Å²) in [6, 6.07) is 6.14. The van der Waals surface area contributed by atoms with Crippen molar-refractivity contribution < 1.29 is 9.59 Å². The van der Waals surface area contributed by atoms with Gasteiger partial charge in [-0.05, 0) is 64.1 Å². The van der Waals surface area contributed by atoms with Gasteiger partial charge >= 0.3 is 0 Å². The fourth-order valence-corrected chi connectivity index (χ4v) is 4.47. The quantitative estimate of drug-likeness (QED) is 0.869. The van der Waals surface area contributed by atoms with Crippen LogP contribution in [-0.2, 0) is 4.79 Å². The predicted molar refractivity (Wildman–Crippen MR) is 103 cm³/mol. The van der Waals surface area contributed by atoms with Crippen LogP contribution in [0.25, 0.3) is 0 Å². The molecule has 1 heterocycles. The average Bonchev–Trinajstić information content (AvgIpc) is 3.07. The third-order valence-electron chi connectivity index (χ3n) is 5.84. The summed E-state index contributed by atoms with van der Waals surface area (Å²) in [7, 11) is 0. The van der Waals surface area contributed by atoms with Crippen LogP contribution in [0.4, 0.5) is 0 Å². The van der Waals surface area contributed by atoms with Gasteiger partial charge in [0.25, 0.3) is 5.91 Å². The van der Waals surface area contributed by atoms with E-state index in [1.807, 2.05) is 30.9 Å². The molecule has 2 amide bonds. The van der Waals surface area contributed by atoms with Gasteiger partial charge in [0, 0.05) is 24.7 Å². The average molecular weight is 357 g/mol. The Kier molecular flexibility index (Phi) is 5.97. The maximum Gasteiger partial charge on any atom is 0.253 e. The van der Waals surface area contributed by atoms with Gasteiger partial charge in [0.2, 0.25) is 5.91 Å². The number of amides is 2. The van der Waals surface area contributed by atoms with Crippen molar-refractivity contribution in [1.82, 2.24) is 10.2 Å². The molecule has 1 aromatic rings. The number of nitrogens with two attached hydrogens (primary N) is 1. The Hall–Kier alpha value is -1.88. The van der Waals surface area contributed by atoms with Crippen molar-refractivity contribution in [2.75, 3.05) is 19.6 Å². The van der Waals surface area contributed by atoms with Crippen molar-refractivity contribution >= 4 is 11.8 Å². The number of likely N-dealkylation sites (tertiary alicyclic amines) is 1. The van der Waals surface area contributed by atoms with Gasteiger partial charge in [0.15, 0.2) is 0 Å². The number of nitrogens with zero attached hydrogens (tertiary/aromatic N) is 1. The second-order valence-electron chi connectivity index (χ2n) is 8.01. The van der Waals surface area contributed by atoms with E-state index >= 15 is 0 Å². The molecule has 2 aliphatic rings. The second-order valence-corrected chi connectivity index (χ2v) is 8.01. The summed E-state index contributed by atoms with van der Waals surface area (Å²) in [5.74, 6) is 0.413. The van der Waals surface area contributed by atoms with Gasteiger partial charge in [-0.15, -0.1) is 0 Å². The molecule has 0 spiro atoms. The summed E-state index contributed by atoms with van der Waals surface area (Å²) < 4.78 is 0. The first-order valence-corrected chi connectivity index (χ1v) is 9.86. The van der Waals surface area contributed by atoms with Crippen LogP contribution in [0.5, 0.6) is 0 Å². The first-order chi connectivity index (χ1) is 12.5. The summed E-state index contributed by atoms with van der Waals surface area (Å²) in [6.45, 7) is 5.88. The highest BCUT2D eigenvalue weighted by Gasteiger charge is 2.33. The second kappa shape index (κ2) is 8.21. The van der Waals surface area contributed by atoms with Crippen LogP contribution in [0.1, 0.15) is 53.6 Å². The van der Waals surface area contributed by atoms with E-state index in [-0.39, 0.29) is 23.8 Å². The lowest BCUT2D eigenvalue weighted by Gasteiger charge is -2.33. The maximum atomic E-state index is 12.9. The van der Waals surface area contributed by atoms with Gasteiger partial charge in [0.05, 0.1) is 5.92 Å². The monoisotopic (exact) mass is 357 g/mol. The minimum absolute atomic E-state index is 0.0370. The van der Waals surface area contributed by atoms with Gasteiger partial charge in [-0.25, -0.2) is 0 Å². The number of nitrogens with one attached hydrogen (secondary N) is 1. The van der Waals surface area contributed by atoms with Crippen LogP contribution in [0.15, 0.2) is 18.2 Å². The first kappa shape index (κ1) is 18.9. The molecule has 3 rings (SSSR count). The van der Waals surface area contributed by atoms with Crippen molar-refractivity contribution in [2.45, 2.75) is 52.0 Å². The highest BCUT2D eigenvalue weighted by molar-refractivity contribution is 5.95. The fraction of sp³-hybridized carbons (Fsp3) is 0.619. The minimum Gasteiger partial charge on any atom is -0.353 e. The van der Waals surface area contributed by atoms with Gasteiger partial charge in [-0.1, -0.05) is 23.6 Å². The number of hydrogen-bond acceptors (Lipinski definition) is 3. The third-order valence-corrected chi connectivity index (χ3v) is 5.84. The van der Waals surface area contributed by atoms with E-state index in [1.165, 1.54) is 0 Å². The number of carbonyl (C=O) groups excluding carboxylic acids is 2. The molecule has 1 saturated carbocycles. The minimum atomic E-state index is -0.113. The molecule has 0 bridgehead atoms. The zero-order valence-corrected chi connectivity index (χ0v) is 16.0. The van der Waals surface area contributed by atoms with Crippen LogP contribution in [0, 0.1) is 25.7 Å². The molecule has 0 radical (unpaired) electrons. The fourth-order valence-electron chi connectivity index (χ4n) is 4.47. The first-order valence-electron chi connectivity index (χ1n) is 9.86. The number of rotatable bonds is 4. The van der Waals surface area contributed by atoms with Gasteiger partial charge < -0.3 is 16.0 Å². The normalized spacial score (nSPS) is 26.0. The molecule has 142 valence electrons. The Morgan fingerprint density at radius 3 is 2.54 bits per heavy atom. The zero-order valence-electron chi connectivity index (χ0n) is 16.0. The van der Waals surface area contributed by atoms with Crippen molar-refractivity contribution in [1.29, 1.82) is 0 Å². The summed E-state index contributed by atoms with van der Waals surface area (Å²) in [5.41, 5.74) is 8.73. The SMILES string of the molecule is Cc1cc(C)cc(C(=O)N2CCCC(C(=O)NC3CCCC3CN)C2)c1. The summed E-state index contributed by atoms with van der Waals surface area (Å²) in [5, 5.41) is 3.21. The topological polar surface area (TPSA) is 75.4 Å². The smallest absolute Gasteiger partial charge is 0.253 e. The molecular formula is C21H31N3O2. The lowest BCUT2D eigenvalue weighted by atomic mass is 9.95.